The summed E-state index contributed by atoms with van der Waals surface area (Å²) in [5, 5.41) is 0. The molecule has 140 valence electrons. The van der Waals surface area contributed by atoms with Gasteiger partial charge >= 0.3 is 0 Å². The molecule has 0 bridgehead atoms. The number of rotatable bonds is 5. The summed E-state index contributed by atoms with van der Waals surface area (Å²) < 4.78 is 0. The largest absolute Gasteiger partial charge is 0.339 e. The maximum Gasteiger partial charge on any atom is 0.253 e. The fourth-order valence-corrected chi connectivity index (χ4v) is 3.22. The van der Waals surface area contributed by atoms with Gasteiger partial charge in [0, 0.05) is 44.6 Å². The highest BCUT2D eigenvalue weighted by Crippen LogP contribution is 2.20. The zero-order chi connectivity index (χ0) is 19.2. The first-order valence-corrected chi connectivity index (χ1v) is 9.26. The molecule has 2 aromatic carbocycles. The van der Waals surface area contributed by atoms with Gasteiger partial charge in [0.15, 0.2) is 0 Å². The number of carbonyl (C=O) groups is 3. The van der Waals surface area contributed by atoms with Crippen molar-refractivity contribution in [2.45, 2.75) is 19.8 Å². The van der Waals surface area contributed by atoms with Gasteiger partial charge in [-0.1, -0.05) is 42.5 Å². The zero-order valence-corrected chi connectivity index (χ0v) is 15.6. The maximum absolute atomic E-state index is 12.7. The van der Waals surface area contributed by atoms with Gasteiger partial charge in [0.1, 0.15) is 5.78 Å². The van der Waals surface area contributed by atoms with E-state index in [9.17, 15) is 14.4 Å². The predicted octanol–water partition coefficient (Wildman–Crippen LogP) is 3.01. The molecule has 0 unspecified atom stereocenters. The zero-order valence-electron chi connectivity index (χ0n) is 15.6. The Bertz CT molecular complexity index is 807. The van der Waals surface area contributed by atoms with Crippen LogP contribution in [0.3, 0.4) is 0 Å². The number of piperazine rings is 1. The van der Waals surface area contributed by atoms with Crippen molar-refractivity contribution in [3.63, 3.8) is 0 Å². The van der Waals surface area contributed by atoms with Crippen LogP contribution in [0.1, 0.15) is 30.1 Å². The molecule has 1 aliphatic rings. The summed E-state index contributed by atoms with van der Waals surface area (Å²) in [7, 11) is 0. The summed E-state index contributed by atoms with van der Waals surface area (Å²) in [6, 6.07) is 17.7. The van der Waals surface area contributed by atoms with Crippen LogP contribution < -0.4 is 0 Å². The third-order valence-electron chi connectivity index (χ3n) is 4.85. The monoisotopic (exact) mass is 364 g/mol. The Balaban J connectivity index is 1.56. The maximum atomic E-state index is 12.7. The van der Waals surface area contributed by atoms with E-state index in [0.717, 1.165) is 11.1 Å². The number of amides is 2. The average Bonchev–Trinajstić information content (AvgIpc) is 2.72. The van der Waals surface area contributed by atoms with E-state index in [-0.39, 0.29) is 30.4 Å². The molecule has 27 heavy (non-hydrogen) atoms. The number of benzene rings is 2. The first-order valence-electron chi connectivity index (χ1n) is 9.26. The molecule has 0 saturated carbocycles. The van der Waals surface area contributed by atoms with Gasteiger partial charge in [0.05, 0.1) is 0 Å². The standard InChI is InChI=1S/C22H24N2O3/c1-17(25)7-12-21(26)23-13-15-24(16-14-23)22(27)20-10-8-19(9-11-20)18-5-3-2-4-6-18/h2-6,8-11H,7,12-16H2,1H3. The highest BCUT2D eigenvalue weighted by Gasteiger charge is 2.24. The van der Waals surface area contributed by atoms with E-state index in [1.165, 1.54) is 6.92 Å². The summed E-state index contributed by atoms with van der Waals surface area (Å²) in [5.74, 6) is 0.00562. The number of Topliss-reactive ketones (excluding diaryl/α,β-unsaturated/α-hetero) is 1. The minimum absolute atomic E-state index is 0.00885. The van der Waals surface area contributed by atoms with Gasteiger partial charge in [-0.05, 0) is 30.2 Å². The minimum Gasteiger partial charge on any atom is -0.339 e. The van der Waals surface area contributed by atoms with Crippen molar-refractivity contribution in [2.75, 3.05) is 26.2 Å². The van der Waals surface area contributed by atoms with Crippen LogP contribution in [0.4, 0.5) is 0 Å². The molecular weight excluding hydrogens is 340 g/mol. The van der Waals surface area contributed by atoms with Gasteiger partial charge in [-0.25, -0.2) is 0 Å². The third-order valence-corrected chi connectivity index (χ3v) is 4.85. The minimum atomic E-state index is -0.00971. The van der Waals surface area contributed by atoms with Gasteiger partial charge < -0.3 is 14.6 Å². The van der Waals surface area contributed by atoms with E-state index >= 15 is 0 Å². The normalized spacial score (nSPS) is 14.1. The van der Waals surface area contributed by atoms with Gasteiger partial charge in [0.25, 0.3) is 5.91 Å². The van der Waals surface area contributed by atoms with E-state index < -0.39 is 0 Å². The van der Waals surface area contributed by atoms with Crippen LogP contribution >= 0.6 is 0 Å². The highest BCUT2D eigenvalue weighted by molar-refractivity contribution is 5.95. The Labute approximate surface area is 159 Å². The molecule has 0 atom stereocenters. The predicted molar refractivity (Wildman–Crippen MR) is 104 cm³/mol. The van der Waals surface area contributed by atoms with E-state index in [1.807, 2.05) is 54.6 Å². The summed E-state index contributed by atoms with van der Waals surface area (Å²) in [4.78, 5) is 39.4. The first kappa shape index (κ1) is 18.8. The second-order valence-electron chi connectivity index (χ2n) is 6.82. The summed E-state index contributed by atoms with van der Waals surface area (Å²) in [6.07, 6.45) is 0.538. The van der Waals surface area contributed by atoms with Crippen LogP contribution in [0.5, 0.6) is 0 Å². The van der Waals surface area contributed by atoms with E-state index in [4.69, 9.17) is 0 Å². The number of hydrogen-bond acceptors (Lipinski definition) is 3. The Morgan fingerprint density at radius 2 is 1.30 bits per heavy atom. The van der Waals surface area contributed by atoms with Crippen molar-refractivity contribution in [1.82, 2.24) is 9.80 Å². The van der Waals surface area contributed by atoms with Gasteiger partial charge in [0.2, 0.25) is 5.91 Å². The quantitative estimate of drug-likeness (QED) is 0.819. The number of hydrogen-bond donors (Lipinski definition) is 0. The summed E-state index contributed by atoms with van der Waals surface area (Å²) in [5.41, 5.74) is 2.85. The first-order chi connectivity index (χ1) is 13.0. The molecule has 3 rings (SSSR count). The SMILES string of the molecule is CC(=O)CCC(=O)N1CCN(C(=O)c2ccc(-c3ccccc3)cc2)CC1. The Morgan fingerprint density at radius 3 is 1.89 bits per heavy atom. The molecule has 0 radical (unpaired) electrons. The second-order valence-corrected chi connectivity index (χ2v) is 6.82. The molecule has 0 spiro atoms. The molecule has 1 aliphatic heterocycles. The third kappa shape index (κ3) is 4.82. The van der Waals surface area contributed by atoms with Crippen LogP contribution in [-0.4, -0.2) is 53.6 Å². The topological polar surface area (TPSA) is 57.7 Å². The van der Waals surface area contributed by atoms with E-state index in [0.29, 0.717) is 31.7 Å². The fraction of sp³-hybridized carbons (Fsp3) is 0.318. The van der Waals surface area contributed by atoms with Gasteiger partial charge in [-0.3, -0.25) is 9.59 Å². The molecule has 5 heteroatoms. The van der Waals surface area contributed by atoms with Gasteiger partial charge in [-0.2, -0.15) is 0 Å². The van der Waals surface area contributed by atoms with Crippen LogP contribution in [-0.2, 0) is 9.59 Å². The van der Waals surface area contributed by atoms with Crippen molar-refractivity contribution in [1.29, 1.82) is 0 Å². The molecule has 0 aromatic heterocycles. The lowest BCUT2D eigenvalue weighted by atomic mass is 10.0. The Morgan fingerprint density at radius 1 is 0.741 bits per heavy atom. The number of carbonyl (C=O) groups excluding carboxylic acids is 3. The van der Waals surface area contributed by atoms with Crippen LogP contribution in [0.15, 0.2) is 54.6 Å². The lowest BCUT2D eigenvalue weighted by Crippen LogP contribution is -2.50. The molecule has 5 nitrogen and oxygen atoms in total. The van der Waals surface area contributed by atoms with Crippen molar-refractivity contribution in [3.05, 3.63) is 60.2 Å². The van der Waals surface area contributed by atoms with Crippen molar-refractivity contribution < 1.29 is 14.4 Å². The molecule has 1 saturated heterocycles. The lowest BCUT2D eigenvalue weighted by Gasteiger charge is -2.35. The fourth-order valence-electron chi connectivity index (χ4n) is 3.22. The second kappa shape index (κ2) is 8.62. The van der Waals surface area contributed by atoms with Crippen molar-refractivity contribution in [3.8, 4) is 11.1 Å². The van der Waals surface area contributed by atoms with Gasteiger partial charge in [-0.15, -0.1) is 0 Å². The Kier molecular flexibility index (Phi) is 6.01. The number of nitrogens with zero attached hydrogens (tertiary/aromatic N) is 2. The lowest BCUT2D eigenvalue weighted by molar-refractivity contribution is -0.134. The Hall–Kier alpha value is -2.95. The smallest absolute Gasteiger partial charge is 0.253 e. The average molecular weight is 364 g/mol. The summed E-state index contributed by atoms with van der Waals surface area (Å²) >= 11 is 0. The highest BCUT2D eigenvalue weighted by atomic mass is 16.2. The summed E-state index contributed by atoms with van der Waals surface area (Å²) in [6.45, 7) is 3.57. The van der Waals surface area contributed by atoms with Crippen molar-refractivity contribution >= 4 is 17.6 Å². The van der Waals surface area contributed by atoms with E-state index in [2.05, 4.69) is 0 Å². The van der Waals surface area contributed by atoms with Crippen LogP contribution in [0.25, 0.3) is 11.1 Å². The molecule has 1 fully saturated rings. The van der Waals surface area contributed by atoms with Crippen LogP contribution in [0, 0.1) is 0 Å². The molecule has 2 aromatic rings. The molecule has 0 aliphatic carbocycles. The van der Waals surface area contributed by atoms with Crippen LogP contribution in [0.2, 0.25) is 0 Å². The van der Waals surface area contributed by atoms with Crippen molar-refractivity contribution in [2.24, 2.45) is 0 Å². The molecular formula is C22H24N2O3. The van der Waals surface area contributed by atoms with E-state index in [1.54, 1.807) is 9.80 Å². The molecule has 1 heterocycles. The molecule has 0 N–H and O–H groups in total. The number of ketones is 1. The molecule has 2 amide bonds.